The number of hydrogen-bond acceptors (Lipinski definition) is 1. The molecule has 1 heteroatoms. The molecule has 0 aromatic rings. The highest BCUT2D eigenvalue weighted by molar-refractivity contribution is 5.37. The van der Waals surface area contributed by atoms with Crippen LogP contribution >= 0.6 is 0 Å². The maximum Gasteiger partial charge on any atom is 0.0408 e. The molecule has 136 valence electrons. The second-order valence-corrected chi connectivity index (χ2v) is 6.04. The number of hydrogen-bond donors (Lipinski definition) is 0. The van der Waals surface area contributed by atoms with Gasteiger partial charge in [0.25, 0.3) is 0 Å². The molecular formula is C26H27N. The van der Waals surface area contributed by atoms with E-state index in [0.29, 0.717) is 0 Å². The predicted molar refractivity (Wildman–Crippen MR) is 120 cm³/mol. The van der Waals surface area contributed by atoms with Crippen LogP contribution in [-0.2, 0) is 0 Å². The summed E-state index contributed by atoms with van der Waals surface area (Å²) in [6.07, 6.45) is 43.2. The molecule has 1 nitrogen and oxygen atoms in total. The molecule has 0 bridgehead atoms. The largest absolute Gasteiger partial charge is 0.345 e. The van der Waals surface area contributed by atoms with Crippen molar-refractivity contribution in [2.75, 3.05) is 7.05 Å². The Labute approximate surface area is 163 Å². The minimum Gasteiger partial charge on any atom is -0.345 e. The van der Waals surface area contributed by atoms with Gasteiger partial charge in [-0.2, -0.15) is 0 Å². The molecule has 0 fully saturated rings. The van der Waals surface area contributed by atoms with E-state index in [1.807, 2.05) is 66.8 Å². The van der Waals surface area contributed by atoms with E-state index in [1.165, 1.54) is 5.57 Å². The Hall–Kier alpha value is -3.32. The molecule has 27 heavy (non-hydrogen) atoms. The van der Waals surface area contributed by atoms with Crippen molar-refractivity contribution in [3.63, 3.8) is 0 Å². The van der Waals surface area contributed by atoms with Crippen molar-refractivity contribution in [2.45, 2.75) is 6.92 Å². The van der Waals surface area contributed by atoms with Crippen molar-refractivity contribution in [2.24, 2.45) is 0 Å². The Morgan fingerprint density at radius 1 is 0.444 bits per heavy atom. The third-order valence-electron chi connectivity index (χ3n) is 3.89. The number of likely N-dealkylation sites (N-methyl/N-ethyl adjacent to an activating group) is 1. The van der Waals surface area contributed by atoms with E-state index in [0.717, 1.165) is 11.4 Å². The Morgan fingerprint density at radius 2 is 0.852 bits per heavy atom. The number of allylic oxidation sites excluding steroid dienone is 22. The number of rotatable bonds is 2. The van der Waals surface area contributed by atoms with E-state index >= 15 is 0 Å². The summed E-state index contributed by atoms with van der Waals surface area (Å²) in [5, 5.41) is 0. The van der Waals surface area contributed by atoms with E-state index < -0.39 is 0 Å². The van der Waals surface area contributed by atoms with Crippen LogP contribution in [-0.4, -0.2) is 11.9 Å². The lowest BCUT2D eigenvalue weighted by atomic mass is 10.2. The van der Waals surface area contributed by atoms with Gasteiger partial charge in [-0.25, -0.2) is 0 Å². The number of nitrogens with zero attached hydrogens (tertiary/aromatic N) is 1. The Morgan fingerprint density at radius 3 is 1.41 bits per heavy atom. The van der Waals surface area contributed by atoms with E-state index in [-0.39, 0.29) is 0 Å². The summed E-state index contributed by atoms with van der Waals surface area (Å²) in [4.78, 5) is 2.18. The van der Waals surface area contributed by atoms with Gasteiger partial charge in [-0.3, -0.25) is 0 Å². The molecule has 0 saturated carbocycles. The molecule has 0 unspecified atom stereocenters. The quantitative estimate of drug-likeness (QED) is 0.536. The third-order valence-corrected chi connectivity index (χ3v) is 3.89. The zero-order chi connectivity index (χ0) is 19.2. The lowest BCUT2D eigenvalue weighted by molar-refractivity contribution is 0.554. The molecule has 0 heterocycles. The van der Waals surface area contributed by atoms with Gasteiger partial charge >= 0.3 is 0 Å². The monoisotopic (exact) mass is 353 g/mol. The van der Waals surface area contributed by atoms with Gasteiger partial charge in [-0.05, 0) is 31.2 Å². The standard InChI is InChI=1S/C26H27N/c1-24-18-13-9-8-12-16-22-26(23-17-19-24)27(2)25-20-14-10-6-4-3-5-7-11-15-21-25/h3-23H,1-2H3/b4-3-,5-3?,6-4?,7-5-,9-8?,10-6-,11-7?,12-8-,13-9-,14-10?,15-11-,16-12?,18-13?,19-17?,20-14?,21-15?,22-16-,23-17?,24-18?,24-19?,25-20?,25-21?,26-22?,26-23+. The molecule has 2 rings (SSSR count). The molecule has 0 aromatic carbocycles. The highest BCUT2D eigenvalue weighted by atomic mass is 15.1. The summed E-state index contributed by atoms with van der Waals surface area (Å²) in [6.45, 7) is 2.10. The average molecular weight is 354 g/mol. The highest BCUT2D eigenvalue weighted by Gasteiger charge is 2.03. The van der Waals surface area contributed by atoms with Gasteiger partial charge in [0.15, 0.2) is 0 Å². The molecule has 0 atom stereocenters. The van der Waals surface area contributed by atoms with E-state index in [4.69, 9.17) is 0 Å². The lowest BCUT2D eigenvalue weighted by Gasteiger charge is -2.21. The SMILES string of the molecule is CC1=C\C=C/C=C\C=C/C(N(C)C2=C\C=C/C=C\C=C/C=C\C=C2)=C\C=C1. The van der Waals surface area contributed by atoms with Crippen LogP contribution in [0.3, 0.4) is 0 Å². The molecule has 0 spiro atoms. The van der Waals surface area contributed by atoms with Gasteiger partial charge in [0.1, 0.15) is 0 Å². The van der Waals surface area contributed by atoms with Gasteiger partial charge < -0.3 is 4.90 Å². The fraction of sp³-hybridized carbons (Fsp3) is 0.0769. The first kappa shape index (κ1) is 20.0. The molecule has 2 aliphatic rings. The van der Waals surface area contributed by atoms with Gasteiger partial charge in [-0.15, -0.1) is 0 Å². The highest BCUT2D eigenvalue weighted by Crippen LogP contribution is 2.15. The molecular weight excluding hydrogens is 326 g/mol. The van der Waals surface area contributed by atoms with Crippen molar-refractivity contribution in [3.8, 4) is 0 Å². The Balaban J connectivity index is 2.33. The maximum atomic E-state index is 2.18. The van der Waals surface area contributed by atoms with Crippen LogP contribution in [0.1, 0.15) is 6.92 Å². The fourth-order valence-corrected chi connectivity index (χ4v) is 2.37. The van der Waals surface area contributed by atoms with Crippen molar-refractivity contribution in [1.29, 1.82) is 0 Å². The predicted octanol–water partition coefficient (Wildman–Crippen LogP) is 6.67. The molecule has 0 N–H and O–H groups in total. The topological polar surface area (TPSA) is 3.24 Å². The molecule has 0 amide bonds. The average Bonchev–Trinajstić information content (AvgIpc) is 2.64. The van der Waals surface area contributed by atoms with E-state index in [9.17, 15) is 0 Å². The molecule has 0 radical (unpaired) electrons. The minimum absolute atomic E-state index is 1.10. The van der Waals surface area contributed by atoms with Gasteiger partial charge in [0.05, 0.1) is 0 Å². The second-order valence-electron chi connectivity index (χ2n) is 6.04. The summed E-state index contributed by atoms with van der Waals surface area (Å²) in [6, 6.07) is 0. The van der Waals surface area contributed by atoms with E-state index in [2.05, 4.69) is 79.6 Å². The summed E-state index contributed by atoms with van der Waals surface area (Å²) in [5.74, 6) is 0. The zero-order valence-electron chi connectivity index (χ0n) is 16.1. The first-order valence-electron chi connectivity index (χ1n) is 9.13. The summed E-state index contributed by atoms with van der Waals surface area (Å²) >= 11 is 0. The first-order chi connectivity index (χ1) is 13.3. The van der Waals surface area contributed by atoms with Gasteiger partial charge in [0.2, 0.25) is 0 Å². The molecule has 0 aromatic heterocycles. The van der Waals surface area contributed by atoms with Crippen LogP contribution in [0.2, 0.25) is 0 Å². The van der Waals surface area contributed by atoms with Crippen LogP contribution in [0.25, 0.3) is 0 Å². The fourth-order valence-electron chi connectivity index (χ4n) is 2.37. The van der Waals surface area contributed by atoms with Crippen LogP contribution in [0, 0.1) is 0 Å². The summed E-state index contributed by atoms with van der Waals surface area (Å²) in [5.41, 5.74) is 3.41. The second kappa shape index (κ2) is 12.1. The van der Waals surface area contributed by atoms with Crippen LogP contribution < -0.4 is 0 Å². The van der Waals surface area contributed by atoms with Crippen molar-refractivity contribution >= 4 is 0 Å². The normalized spacial score (nSPS) is 27.6. The van der Waals surface area contributed by atoms with Gasteiger partial charge in [-0.1, -0.05) is 109 Å². The molecule has 0 aliphatic heterocycles. The van der Waals surface area contributed by atoms with Crippen LogP contribution in [0.4, 0.5) is 0 Å². The summed E-state index contributed by atoms with van der Waals surface area (Å²) in [7, 11) is 2.08. The molecule has 2 aliphatic carbocycles. The summed E-state index contributed by atoms with van der Waals surface area (Å²) < 4.78 is 0. The van der Waals surface area contributed by atoms with Crippen molar-refractivity contribution in [3.05, 3.63) is 145 Å². The van der Waals surface area contributed by atoms with E-state index in [1.54, 1.807) is 0 Å². The Bertz CT molecular complexity index is 841. The van der Waals surface area contributed by atoms with Crippen molar-refractivity contribution in [1.82, 2.24) is 4.90 Å². The van der Waals surface area contributed by atoms with Crippen molar-refractivity contribution < 1.29 is 0 Å². The Kier molecular flexibility index (Phi) is 8.96. The minimum atomic E-state index is 1.10. The van der Waals surface area contributed by atoms with Crippen LogP contribution in [0.15, 0.2) is 145 Å². The maximum absolute atomic E-state index is 2.18. The van der Waals surface area contributed by atoms with Gasteiger partial charge in [0, 0.05) is 18.4 Å². The first-order valence-corrected chi connectivity index (χ1v) is 9.13. The third kappa shape index (κ3) is 8.06. The lowest BCUT2D eigenvalue weighted by Crippen LogP contribution is -2.14. The molecule has 0 saturated heterocycles. The van der Waals surface area contributed by atoms with Crippen LogP contribution in [0.5, 0.6) is 0 Å². The smallest absolute Gasteiger partial charge is 0.0408 e. The zero-order valence-corrected chi connectivity index (χ0v) is 16.1.